The van der Waals surface area contributed by atoms with Crippen LogP contribution in [0.3, 0.4) is 0 Å². The van der Waals surface area contributed by atoms with E-state index in [1.807, 2.05) is 6.08 Å². The molecule has 0 aliphatic heterocycles. The summed E-state index contributed by atoms with van der Waals surface area (Å²) in [5.74, 6) is 2.93. The molecular weight excluding hydrogens is 94.9 g/mol. The van der Waals surface area contributed by atoms with Crippen LogP contribution in [0.25, 0.3) is 0 Å². The first-order valence-corrected chi connectivity index (χ1v) is 3.07. The van der Waals surface area contributed by atoms with Gasteiger partial charge in [0.05, 0.1) is 0 Å². The summed E-state index contributed by atoms with van der Waals surface area (Å²) < 4.78 is 0. The lowest BCUT2D eigenvalue weighted by atomic mass is 9.95. The third kappa shape index (κ3) is 2.89. The number of hydrogen-bond acceptors (Lipinski definition) is 0. The Morgan fingerprint density at radius 3 is 1.88 bits per heavy atom. The molecular formula is C7H13B. The predicted octanol–water partition coefficient (Wildman–Crippen LogP) is 1.96. The Hall–Kier alpha value is -0.195. The lowest BCUT2D eigenvalue weighted by molar-refractivity contribution is 0.505. The maximum Gasteiger partial charge on any atom is 0.102 e. The van der Waals surface area contributed by atoms with Crippen molar-refractivity contribution in [3.05, 3.63) is 12.1 Å². The molecule has 0 aliphatic carbocycles. The number of rotatable bonds is 2. The van der Waals surface area contributed by atoms with Crippen LogP contribution in [-0.4, -0.2) is 7.85 Å². The van der Waals surface area contributed by atoms with E-state index in [9.17, 15) is 0 Å². The van der Waals surface area contributed by atoms with Crippen molar-refractivity contribution >= 4 is 7.85 Å². The third-order valence-electron chi connectivity index (χ3n) is 1.47. The van der Waals surface area contributed by atoms with Gasteiger partial charge in [0.1, 0.15) is 7.85 Å². The summed E-state index contributed by atoms with van der Waals surface area (Å²) in [6, 6.07) is 0. The van der Waals surface area contributed by atoms with Crippen LogP contribution < -0.4 is 0 Å². The van der Waals surface area contributed by atoms with Crippen LogP contribution in [0.1, 0.15) is 20.8 Å². The van der Waals surface area contributed by atoms with E-state index in [1.54, 1.807) is 5.98 Å². The van der Waals surface area contributed by atoms with E-state index in [0.717, 1.165) is 0 Å². The predicted molar refractivity (Wildman–Crippen MR) is 38.9 cm³/mol. The molecule has 0 rings (SSSR count). The van der Waals surface area contributed by atoms with Crippen molar-refractivity contribution in [3.8, 4) is 0 Å². The van der Waals surface area contributed by atoms with Gasteiger partial charge in [-0.05, 0) is 11.8 Å². The first kappa shape index (κ1) is 7.80. The third-order valence-corrected chi connectivity index (χ3v) is 1.47. The van der Waals surface area contributed by atoms with E-state index in [4.69, 9.17) is 7.85 Å². The second kappa shape index (κ2) is 3.76. The fraction of sp³-hybridized carbons (Fsp3) is 0.714. The molecule has 0 aromatic carbocycles. The van der Waals surface area contributed by atoms with Crippen molar-refractivity contribution in [2.75, 3.05) is 0 Å². The molecule has 0 heterocycles. The fourth-order valence-electron chi connectivity index (χ4n) is 0.397. The lowest BCUT2D eigenvalue weighted by Crippen LogP contribution is -1.98. The van der Waals surface area contributed by atoms with Crippen molar-refractivity contribution in [2.45, 2.75) is 20.8 Å². The minimum absolute atomic E-state index is 0.611. The first-order chi connectivity index (χ1) is 3.68. The fourth-order valence-corrected chi connectivity index (χ4v) is 0.397. The standard InChI is InChI=1S/C7H13B/c1-6(2)7(3)4-5-8/h4-7H,1-3H3. The topological polar surface area (TPSA) is 0 Å². The van der Waals surface area contributed by atoms with Crippen LogP contribution in [-0.2, 0) is 0 Å². The smallest absolute Gasteiger partial charge is 0.102 e. The van der Waals surface area contributed by atoms with Gasteiger partial charge in [0.15, 0.2) is 0 Å². The highest BCUT2D eigenvalue weighted by molar-refractivity contribution is 6.16. The average molecular weight is 108 g/mol. The summed E-state index contributed by atoms with van der Waals surface area (Å²) in [5.41, 5.74) is 0. The normalized spacial score (nSPS) is 15.5. The SMILES string of the molecule is [B]C=CC(C)C(C)C. The summed E-state index contributed by atoms with van der Waals surface area (Å²) in [6.07, 6.45) is 2.02. The van der Waals surface area contributed by atoms with E-state index in [0.29, 0.717) is 11.8 Å². The number of hydrogen-bond donors (Lipinski definition) is 0. The molecule has 0 saturated heterocycles. The van der Waals surface area contributed by atoms with Crippen molar-refractivity contribution < 1.29 is 0 Å². The van der Waals surface area contributed by atoms with Crippen molar-refractivity contribution in [3.63, 3.8) is 0 Å². The van der Waals surface area contributed by atoms with Crippen LogP contribution >= 0.6 is 0 Å². The van der Waals surface area contributed by atoms with Gasteiger partial charge in [0.2, 0.25) is 0 Å². The molecule has 0 saturated carbocycles. The van der Waals surface area contributed by atoms with Gasteiger partial charge in [-0.1, -0.05) is 26.8 Å². The molecule has 0 bridgehead atoms. The Balaban J connectivity index is 3.47. The molecule has 1 heteroatoms. The Morgan fingerprint density at radius 2 is 1.75 bits per heavy atom. The summed E-state index contributed by atoms with van der Waals surface area (Å²) in [6.45, 7) is 6.53. The Kier molecular flexibility index (Phi) is 3.67. The highest BCUT2D eigenvalue weighted by Crippen LogP contribution is 2.09. The van der Waals surface area contributed by atoms with Crippen molar-refractivity contribution in [1.82, 2.24) is 0 Å². The second-order valence-corrected chi connectivity index (χ2v) is 2.49. The molecule has 0 spiro atoms. The lowest BCUT2D eigenvalue weighted by Gasteiger charge is -2.08. The monoisotopic (exact) mass is 108 g/mol. The molecule has 0 fully saturated rings. The molecule has 0 nitrogen and oxygen atoms in total. The maximum atomic E-state index is 5.19. The zero-order chi connectivity index (χ0) is 6.57. The average Bonchev–Trinajstić information content (AvgIpc) is 1.67. The quantitative estimate of drug-likeness (QED) is 0.474. The molecule has 0 aliphatic rings. The van der Waals surface area contributed by atoms with E-state index in [2.05, 4.69) is 20.8 Å². The molecule has 0 aromatic heterocycles. The summed E-state index contributed by atoms with van der Waals surface area (Å²) in [5, 5.41) is 0. The van der Waals surface area contributed by atoms with Crippen LogP contribution in [0.2, 0.25) is 0 Å². The van der Waals surface area contributed by atoms with Crippen LogP contribution in [0.5, 0.6) is 0 Å². The molecule has 2 radical (unpaired) electrons. The summed E-state index contributed by atoms with van der Waals surface area (Å²) in [4.78, 5) is 0. The second-order valence-electron chi connectivity index (χ2n) is 2.49. The van der Waals surface area contributed by atoms with Gasteiger partial charge in [0, 0.05) is 0 Å². The molecule has 44 valence electrons. The van der Waals surface area contributed by atoms with E-state index < -0.39 is 0 Å². The molecule has 8 heavy (non-hydrogen) atoms. The zero-order valence-electron chi connectivity index (χ0n) is 5.89. The minimum atomic E-state index is 0.611. The molecule has 0 N–H and O–H groups in total. The van der Waals surface area contributed by atoms with Gasteiger partial charge < -0.3 is 0 Å². The first-order valence-electron chi connectivity index (χ1n) is 3.07. The van der Waals surface area contributed by atoms with E-state index >= 15 is 0 Å². The van der Waals surface area contributed by atoms with Gasteiger partial charge in [-0.25, -0.2) is 0 Å². The highest BCUT2D eigenvalue weighted by atomic mass is 14.0. The van der Waals surface area contributed by atoms with Gasteiger partial charge in [0.25, 0.3) is 0 Å². The van der Waals surface area contributed by atoms with Crippen LogP contribution in [0.15, 0.2) is 12.1 Å². The van der Waals surface area contributed by atoms with Gasteiger partial charge in [-0.3, -0.25) is 0 Å². The molecule has 1 atom stereocenters. The highest BCUT2D eigenvalue weighted by Gasteiger charge is 1.99. The van der Waals surface area contributed by atoms with Crippen molar-refractivity contribution in [2.24, 2.45) is 11.8 Å². The van der Waals surface area contributed by atoms with Gasteiger partial charge in [-0.15, -0.1) is 5.98 Å². The van der Waals surface area contributed by atoms with Crippen LogP contribution in [0.4, 0.5) is 0 Å². The molecule has 0 amide bonds. The van der Waals surface area contributed by atoms with Crippen molar-refractivity contribution in [1.29, 1.82) is 0 Å². The Labute approximate surface area is 53.4 Å². The summed E-state index contributed by atoms with van der Waals surface area (Å²) in [7, 11) is 5.19. The minimum Gasteiger partial charge on any atom is -0.135 e. The van der Waals surface area contributed by atoms with Crippen LogP contribution in [0, 0.1) is 11.8 Å². The largest absolute Gasteiger partial charge is 0.135 e. The zero-order valence-corrected chi connectivity index (χ0v) is 5.89. The maximum absolute atomic E-state index is 5.19. The molecule has 0 aromatic rings. The number of allylic oxidation sites excluding steroid dienone is 1. The van der Waals surface area contributed by atoms with Gasteiger partial charge in [-0.2, -0.15) is 0 Å². The van der Waals surface area contributed by atoms with E-state index in [1.165, 1.54) is 0 Å². The Morgan fingerprint density at radius 1 is 1.25 bits per heavy atom. The molecule has 1 unspecified atom stereocenters. The van der Waals surface area contributed by atoms with Gasteiger partial charge >= 0.3 is 0 Å². The summed E-state index contributed by atoms with van der Waals surface area (Å²) >= 11 is 0. The Bertz CT molecular complexity index is 74.5. The van der Waals surface area contributed by atoms with E-state index in [-0.39, 0.29) is 0 Å².